The van der Waals surface area contributed by atoms with Crippen LogP contribution in [0.25, 0.3) is 22.2 Å². The summed E-state index contributed by atoms with van der Waals surface area (Å²) in [6.07, 6.45) is 3.08. The maximum absolute atomic E-state index is 13.5. The summed E-state index contributed by atoms with van der Waals surface area (Å²) in [5, 5.41) is 10.6. The number of carbonyl (C=O) groups is 4. The van der Waals surface area contributed by atoms with Crippen molar-refractivity contribution >= 4 is 56.1 Å². The van der Waals surface area contributed by atoms with Gasteiger partial charge in [-0.15, -0.1) is 0 Å². The SMILES string of the molecule is CCc1cc(Br)cc2c(C(=O)OCC(=O)c3ccccc3O)cc(-c3ccc(N4C(=O)C5CCC(C)CC5C4=O)cc3)nc12. The summed E-state index contributed by atoms with van der Waals surface area (Å²) in [6.45, 7) is 3.58. The molecule has 1 saturated carbocycles. The molecule has 1 aromatic heterocycles. The molecule has 0 radical (unpaired) electrons. The van der Waals surface area contributed by atoms with E-state index in [0.717, 1.165) is 29.3 Å². The van der Waals surface area contributed by atoms with Gasteiger partial charge in [-0.25, -0.2) is 9.78 Å². The summed E-state index contributed by atoms with van der Waals surface area (Å²) in [4.78, 5) is 58.8. The smallest absolute Gasteiger partial charge is 0.339 e. The Morgan fingerprint density at radius 1 is 0.977 bits per heavy atom. The average molecular weight is 656 g/mol. The number of rotatable bonds is 7. The second kappa shape index (κ2) is 12.0. The Labute approximate surface area is 263 Å². The molecule has 1 aliphatic heterocycles. The lowest BCUT2D eigenvalue weighted by atomic mass is 9.76. The number of pyridine rings is 1. The van der Waals surface area contributed by atoms with E-state index in [1.807, 2.05) is 13.0 Å². The molecule has 2 amide bonds. The Kier molecular flexibility index (Phi) is 8.07. The van der Waals surface area contributed by atoms with E-state index in [9.17, 15) is 24.3 Å². The second-order valence-electron chi connectivity index (χ2n) is 11.6. The molecule has 2 heterocycles. The molecule has 6 rings (SSSR count). The number of amides is 2. The van der Waals surface area contributed by atoms with Crippen LogP contribution in [0.1, 0.15) is 59.4 Å². The fourth-order valence-corrected chi connectivity index (χ4v) is 6.87. The Morgan fingerprint density at radius 3 is 2.43 bits per heavy atom. The monoisotopic (exact) mass is 654 g/mol. The van der Waals surface area contributed by atoms with Gasteiger partial charge in [0.1, 0.15) is 5.75 Å². The zero-order valence-corrected chi connectivity index (χ0v) is 26.0. The van der Waals surface area contributed by atoms with Crippen LogP contribution in [-0.2, 0) is 20.7 Å². The van der Waals surface area contributed by atoms with Crippen LogP contribution < -0.4 is 4.90 Å². The van der Waals surface area contributed by atoms with E-state index < -0.39 is 18.4 Å². The van der Waals surface area contributed by atoms with E-state index in [1.54, 1.807) is 48.5 Å². The number of phenols is 1. The minimum atomic E-state index is -0.704. The molecular formula is C35H31BrN2O6. The molecular weight excluding hydrogens is 624 g/mol. The highest BCUT2D eigenvalue weighted by Crippen LogP contribution is 2.42. The van der Waals surface area contributed by atoms with Crippen LogP contribution in [0.3, 0.4) is 0 Å². The van der Waals surface area contributed by atoms with E-state index in [-0.39, 0.29) is 40.5 Å². The molecule has 9 heteroatoms. The number of phenolic OH excluding ortho intramolecular Hbond substituents is 1. The topological polar surface area (TPSA) is 114 Å². The highest BCUT2D eigenvalue weighted by atomic mass is 79.9. The quantitative estimate of drug-likeness (QED) is 0.131. The van der Waals surface area contributed by atoms with Crippen LogP contribution in [0.4, 0.5) is 5.69 Å². The number of carbonyl (C=O) groups excluding carboxylic acids is 4. The number of fused-ring (bicyclic) bond motifs is 2. The van der Waals surface area contributed by atoms with Crippen molar-refractivity contribution in [1.29, 1.82) is 0 Å². The number of ketones is 1. The number of Topliss-reactive ketones (excluding diaryl/α,β-unsaturated/α-hetero) is 1. The number of imide groups is 1. The lowest BCUT2D eigenvalue weighted by molar-refractivity contribution is -0.122. The summed E-state index contributed by atoms with van der Waals surface area (Å²) >= 11 is 3.53. The van der Waals surface area contributed by atoms with Crippen molar-refractivity contribution in [3.8, 4) is 17.0 Å². The first-order valence-corrected chi connectivity index (χ1v) is 15.5. The van der Waals surface area contributed by atoms with Gasteiger partial charge in [0, 0.05) is 15.4 Å². The molecule has 44 heavy (non-hydrogen) atoms. The first-order valence-electron chi connectivity index (χ1n) is 14.8. The maximum atomic E-state index is 13.5. The second-order valence-corrected chi connectivity index (χ2v) is 12.5. The fourth-order valence-electron chi connectivity index (χ4n) is 6.37. The molecule has 1 aliphatic carbocycles. The van der Waals surface area contributed by atoms with Crippen molar-refractivity contribution < 1.29 is 29.0 Å². The highest BCUT2D eigenvalue weighted by Gasteiger charge is 2.49. The van der Waals surface area contributed by atoms with E-state index in [0.29, 0.717) is 40.2 Å². The molecule has 1 N–H and O–H groups in total. The predicted molar refractivity (Wildman–Crippen MR) is 169 cm³/mol. The first-order chi connectivity index (χ1) is 21.2. The molecule has 4 aromatic rings. The zero-order valence-electron chi connectivity index (χ0n) is 24.4. The van der Waals surface area contributed by atoms with Crippen LogP contribution in [0, 0.1) is 17.8 Å². The van der Waals surface area contributed by atoms with Crippen molar-refractivity contribution in [2.45, 2.75) is 39.5 Å². The number of halogens is 1. The lowest BCUT2D eigenvalue weighted by Gasteiger charge is -2.25. The van der Waals surface area contributed by atoms with Gasteiger partial charge in [-0.2, -0.15) is 0 Å². The maximum Gasteiger partial charge on any atom is 0.339 e. The summed E-state index contributed by atoms with van der Waals surface area (Å²) in [5.41, 5.74) is 3.55. The number of hydrogen-bond donors (Lipinski definition) is 1. The van der Waals surface area contributed by atoms with E-state index >= 15 is 0 Å². The Hall–Kier alpha value is -4.37. The van der Waals surface area contributed by atoms with Crippen molar-refractivity contribution in [2.24, 2.45) is 17.8 Å². The molecule has 3 aromatic carbocycles. The number of ether oxygens (including phenoxy) is 1. The number of aryl methyl sites for hydroxylation is 1. The number of aromatic nitrogens is 1. The third kappa shape index (κ3) is 5.41. The van der Waals surface area contributed by atoms with Crippen molar-refractivity contribution in [3.05, 3.63) is 87.9 Å². The normalized spacial score (nSPS) is 19.7. The van der Waals surface area contributed by atoms with Crippen molar-refractivity contribution in [2.75, 3.05) is 11.5 Å². The molecule has 0 bridgehead atoms. The Balaban J connectivity index is 1.33. The lowest BCUT2D eigenvalue weighted by Crippen LogP contribution is -2.30. The van der Waals surface area contributed by atoms with Crippen LogP contribution in [0.15, 0.2) is 71.2 Å². The number of benzene rings is 3. The van der Waals surface area contributed by atoms with Gasteiger partial charge >= 0.3 is 5.97 Å². The third-order valence-corrected chi connectivity index (χ3v) is 9.16. The minimum absolute atomic E-state index is 0.0698. The molecule has 3 unspecified atom stereocenters. The molecule has 3 atom stereocenters. The van der Waals surface area contributed by atoms with Gasteiger partial charge in [-0.1, -0.05) is 54.0 Å². The van der Waals surface area contributed by atoms with Gasteiger partial charge < -0.3 is 9.84 Å². The predicted octanol–water partition coefficient (Wildman–Crippen LogP) is 6.90. The first kappa shape index (κ1) is 29.7. The van der Waals surface area contributed by atoms with Gasteiger partial charge in [0.05, 0.1) is 39.9 Å². The number of esters is 1. The number of para-hydroxylation sites is 1. The largest absolute Gasteiger partial charge is 0.507 e. The van der Waals surface area contributed by atoms with E-state index in [2.05, 4.69) is 22.9 Å². The molecule has 2 fully saturated rings. The van der Waals surface area contributed by atoms with Crippen molar-refractivity contribution in [3.63, 3.8) is 0 Å². The molecule has 1 saturated heterocycles. The Bertz CT molecular complexity index is 1820. The van der Waals surface area contributed by atoms with Crippen molar-refractivity contribution in [1.82, 2.24) is 4.98 Å². The number of aromatic hydroxyl groups is 1. The number of anilines is 1. The van der Waals surface area contributed by atoms with Crippen LogP contribution in [-0.4, -0.2) is 40.3 Å². The average Bonchev–Trinajstić information content (AvgIpc) is 3.27. The van der Waals surface area contributed by atoms with Gasteiger partial charge in [-0.05, 0) is 79.6 Å². The minimum Gasteiger partial charge on any atom is -0.507 e. The summed E-state index contributed by atoms with van der Waals surface area (Å²) in [7, 11) is 0. The Morgan fingerprint density at radius 2 is 1.70 bits per heavy atom. The summed E-state index contributed by atoms with van der Waals surface area (Å²) in [5.74, 6) is -1.77. The van der Waals surface area contributed by atoms with Gasteiger partial charge in [0.15, 0.2) is 6.61 Å². The fraction of sp³-hybridized carbons (Fsp3) is 0.286. The van der Waals surface area contributed by atoms with E-state index in [1.165, 1.54) is 17.0 Å². The molecule has 2 aliphatic rings. The number of nitrogens with zero attached hydrogens (tertiary/aromatic N) is 2. The molecule has 0 spiro atoms. The highest BCUT2D eigenvalue weighted by molar-refractivity contribution is 9.10. The number of hydrogen-bond acceptors (Lipinski definition) is 7. The van der Waals surface area contributed by atoms with Crippen LogP contribution >= 0.6 is 15.9 Å². The molecule has 8 nitrogen and oxygen atoms in total. The summed E-state index contributed by atoms with van der Waals surface area (Å²) < 4.78 is 6.22. The van der Waals surface area contributed by atoms with E-state index in [4.69, 9.17) is 9.72 Å². The third-order valence-electron chi connectivity index (χ3n) is 8.71. The van der Waals surface area contributed by atoms with Gasteiger partial charge in [0.2, 0.25) is 17.6 Å². The standard InChI is InChI=1S/C35H31BrN2O6/c1-3-20-15-22(36)16-26-28(35(43)44-18-31(40)25-6-4-5-7-30(25)39)17-29(37-32(20)26)21-9-11-23(12-10-21)38-33(41)24-13-8-19(2)14-27(24)34(38)42/h4-7,9-12,15-17,19,24,27,39H,3,8,13-14,18H2,1-2H3. The summed E-state index contributed by atoms with van der Waals surface area (Å²) in [6, 6.07) is 18.5. The van der Waals surface area contributed by atoms with Crippen LogP contribution in [0.2, 0.25) is 0 Å². The zero-order chi connectivity index (χ0) is 31.1. The van der Waals surface area contributed by atoms with Gasteiger partial charge in [-0.3, -0.25) is 19.3 Å². The molecule has 224 valence electrons. The van der Waals surface area contributed by atoms with Gasteiger partial charge in [0.25, 0.3) is 0 Å². The van der Waals surface area contributed by atoms with Crippen LogP contribution in [0.5, 0.6) is 5.75 Å².